The highest BCUT2D eigenvalue weighted by molar-refractivity contribution is 5.42. The van der Waals surface area contributed by atoms with Gasteiger partial charge in [0.05, 0.1) is 0 Å². The molecule has 0 heterocycles. The Morgan fingerprint density at radius 2 is 1.04 bits per heavy atom. The van der Waals surface area contributed by atoms with Crippen molar-refractivity contribution < 1.29 is 5.11 Å². The fraction of sp³-hybridized carbons (Fsp3) is 0.727. The van der Waals surface area contributed by atoms with Crippen LogP contribution in [0, 0.1) is 13.8 Å². The van der Waals surface area contributed by atoms with Crippen LogP contribution in [0.5, 0.6) is 5.75 Å². The number of rotatable bonds is 13. The summed E-state index contributed by atoms with van der Waals surface area (Å²) in [6.07, 6.45) is 17.9. The highest BCUT2D eigenvalue weighted by atomic mass is 16.3. The summed E-state index contributed by atoms with van der Waals surface area (Å²) in [5, 5.41) is 9.80. The van der Waals surface area contributed by atoms with E-state index >= 15 is 0 Å². The lowest BCUT2D eigenvalue weighted by atomic mass is 10.00. The van der Waals surface area contributed by atoms with Crippen molar-refractivity contribution in [3.8, 4) is 5.75 Å². The fourth-order valence-corrected chi connectivity index (χ4v) is 3.36. The first-order valence-corrected chi connectivity index (χ1v) is 9.94. The standard InChI is InChI=1S/C22H38O/c1-4-5-6-7-8-9-10-11-12-13-14-15-16-21-17-19(2)22(23)20(3)18-21/h17-18,23H,4-16H2,1-3H3. The zero-order valence-corrected chi connectivity index (χ0v) is 15.8. The van der Waals surface area contributed by atoms with Gasteiger partial charge < -0.3 is 5.11 Å². The van der Waals surface area contributed by atoms with Crippen molar-refractivity contribution >= 4 is 0 Å². The SMILES string of the molecule is CCCCCCCCCCCCCCc1cc(C)c(O)c(C)c1. The molecule has 1 nitrogen and oxygen atoms in total. The number of hydrogen-bond acceptors (Lipinski definition) is 1. The highest BCUT2D eigenvalue weighted by Gasteiger charge is 2.03. The van der Waals surface area contributed by atoms with Gasteiger partial charge in [0, 0.05) is 0 Å². The minimum Gasteiger partial charge on any atom is -0.507 e. The van der Waals surface area contributed by atoms with Crippen LogP contribution in [-0.2, 0) is 6.42 Å². The molecule has 0 radical (unpaired) electrons. The van der Waals surface area contributed by atoms with Gasteiger partial charge in [0.15, 0.2) is 0 Å². The van der Waals surface area contributed by atoms with Crippen LogP contribution in [0.2, 0.25) is 0 Å². The van der Waals surface area contributed by atoms with E-state index in [0.29, 0.717) is 5.75 Å². The molecule has 0 unspecified atom stereocenters. The Balaban J connectivity index is 1.96. The average Bonchev–Trinajstić information content (AvgIpc) is 2.53. The number of aromatic hydroxyl groups is 1. The van der Waals surface area contributed by atoms with Gasteiger partial charge in [-0.15, -0.1) is 0 Å². The molecule has 0 aliphatic heterocycles. The summed E-state index contributed by atoms with van der Waals surface area (Å²) in [5.41, 5.74) is 3.41. The van der Waals surface area contributed by atoms with Crippen molar-refractivity contribution in [1.82, 2.24) is 0 Å². The predicted octanol–water partition coefficient (Wildman–Crippen LogP) is 7.25. The summed E-state index contributed by atoms with van der Waals surface area (Å²) in [6.45, 7) is 6.27. The van der Waals surface area contributed by atoms with Crippen LogP contribution in [0.15, 0.2) is 12.1 Å². The molecule has 1 aromatic carbocycles. The zero-order valence-electron chi connectivity index (χ0n) is 15.8. The van der Waals surface area contributed by atoms with E-state index in [1.54, 1.807) is 0 Å². The molecule has 1 rings (SSSR count). The Morgan fingerprint density at radius 3 is 1.48 bits per heavy atom. The van der Waals surface area contributed by atoms with Crippen molar-refractivity contribution in [3.05, 3.63) is 28.8 Å². The molecule has 0 bridgehead atoms. The van der Waals surface area contributed by atoms with Crippen molar-refractivity contribution in [1.29, 1.82) is 0 Å². The maximum Gasteiger partial charge on any atom is 0.121 e. The van der Waals surface area contributed by atoms with E-state index in [0.717, 1.165) is 17.5 Å². The van der Waals surface area contributed by atoms with E-state index in [1.807, 2.05) is 13.8 Å². The van der Waals surface area contributed by atoms with E-state index in [1.165, 1.54) is 82.6 Å². The molecule has 0 spiro atoms. The van der Waals surface area contributed by atoms with Gasteiger partial charge in [-0.3, -0.25) is 0 Å². The zero-order chi connectivity index (χ0) is 16.9. The molecule has 132 valence electrons. The van der Waals surface area contributed by atoms with E-state index in [-0.39, 0.29) is 0 Å². The van der Waals surface area contributed by atoms with Gasteiger partial charge in [0.25, 0.3) is 0 Å². The van der Waals surface area contributed by atoms with Crippen LogP contribution in [-0.4, -0.2) is 5.11 Å². The van der Waals surface area contributed by atoms with Gasteiger partial charge in [0.1, 0.15) is 5.75 Å². The molecule has 1 aromatic rings. The highest BCUT2D eigenvalue weighted by Crippen LogP contribution is 2.24. The van der Waals surface area contributed by atoms with Crippen LogP contribution in [0.4, 0.5) is 0 Å². The molecule has 0 aliphatic carbocycles. The summed E-state index contributed by atoms with van der Waals surface area (Å²) in [6, 6.07) is 4.28. The molecule has 1 heteroatoms. The number of phenols is 1. The molecule has 23 heavy (non-hydrogen) atoms. The minimum absolute atomic E-state index is 0.462. The number of aryl methyl sites for hydroxylation is 3. The third-order valence-corrected chi connectivity index (χ3v) is 4.87. The van der Waals surface area contributed by atoms with Gasteiger partial charge in [-0.25, -0.2) is 0 Å². The molecule has 0 amide bonds. The third-order valence-electron chi connectivity index (χ3n) is 4.87. The molecule has 0 atom stereocenters. The van der Waals surface area contributed by atoms with Gasteiger partial charge in [-0.2, -0.15) is 0 Å². The molecule has 1 N–H and O–H groups in total. The molecule has 0 saturated heterocycles. The smallest absolute Gasteiger partial charge is 0.121 e. The van der Waals surface area contributed by atoms with Crippen molar-refractivity contribution in [3.63, 3.8) is 0 Å². The van der Waals surface area contributed by atoms with E-state index in [9.17, 15) is 5.11 Å². The van der Waals surface area contributed by atoms with Crippen LogP contribution < -0.4 is 0 Å². The lowest BCUT2D eigenvalue weighted by molar-refractivity contribution is 0.466. The average molecular weight is 319 g/mol. The second-order valence-corrected chi connectivity index (χ2v) is 7.22. The van der Waals surface area contributed by atoms with Gasteiger partial charge in [-0.1, -0.05) is 89.7 Å². The largest absolute Gasteiger partial charge is 0.507 e. The first-order chi connectivity index (χ1) is 11.1. The Bertz CT molecular complexity index is 399. The van der Waals surface area contributed by atoms with E-state index in [4.69, 9.17) is 0 Å². The second-order valence-electron chi connectivity index (χ2n) is 7.22. The summed E-state index contributed by atoms with van der Waals surface area (Å²) < 4.78 is 0. The molecule has 0 aliphatic rings. The van der Waals surface area contributed by atoms with Crippen molar-refractivity contribution in [2.45, 2.75) is 104 Å². The van der Waals surface area contributed by atoms with Gasteiger partial charge in [-0.05, 0) is 43.4 Å². The lowest BCUT2D eigenvalue weighted by Gasteiger charge is -2.08. The molecular weight excluding hydrogens is 280 g/mol. The number of unbranched alkanes of at least 4 members (excludes halogenated alkanes) is 11. The Kier molecular flexibility index (Phi) is 10.9. The topological polar surface area (TPSA) is 20.2 Å². The Hall–Kier alpha value is -0.980. The molecule has 0 fully saturated rings. The maximum atomic E-state index is 9.80. The maximum absolute atomic E-state index is 9.80. The van der Waals surface area contributed by atoms with Crippen LogP contribution in [0.1, 0.15) is 101 Å². The third kappa shape index (κ3) is 9.03. The van der Waals surface area contributed by atoms with E-state index in [2.05, 4.69) is 19.1 Å². The van der Waals surface area contributed by atoms with Crippen molar-refractivity contribution in [2.24, 2.45) is 0 Å². The second kappa shape index (κ2) is 12.4. The number of benzene rings is 1. The summed E-state index contributed by atoms with van der Waals surface area (Å²) in [5.74, 6) is 0.462. The first kappa shape index (κ1) is 20.1. The number of phenolic OH excluding ortho intramolecular Hbond substituents is 1. The first-order valence-electron chi connectivity index (χ1n) is 9.94. The van der Waals surface area contributed by atoms with Crippen LogP contribution >= 0.6 is 0 Å². The summed E-state index contributed by atoms with van der Waals surface area (Å²) in [7, 11) is 0. The van der Waals surface area contributed by atoms with Crippen LogP contribution in [0.3, 0.4) is 0 Å². The van der Waals surface area contributed by atoms with Crippen LogP contribution in [0.25, 0.3) is 0 Å². The Labute approximate surface area is 144 Å². The van der Waals surface area contributed by atoms with Gasteiger partial charge >= 0.3 is 0 Å². The van der Waals surface area contributed by atoms with E-state index < -0.39 is 0 Å². The molecule has 0 aromatic heterocycles. The number of hydrogen-bond donors (Lipinski definition) is 1. The lowest BCUT2D eigenvalue weighted by Crippen LogP contribution is -1.90. The van der Waals surface area contributed by atoms with Crippen molar-refractivity contribution in [2.75, 3.05) is 0 Å². The molecular formula is C22H38O. The summed E-state index contributed by atoms with van der Waals surface area (Å²) in [4.78, 5) is 0. The Morgan fingerprint density at radius 1 is 0.652 bits per heavy atom. The molecule has 0 saturated carbocycles. The van der Waals surface area contributed by atoms with Gasteiger partial charge in [0.2, 0.25) is 0 Å². The predicted molar refractivity (Wildman–Crippen MR) is 102 cm³/mol. The normalized spacial score (nSPS) is 11.1. The fourth-order valence-electron chi connectivity index (χ4n) is 3.36. The summed E-state index contributed by atoms with van der Waals surface area (Å²) >= 11 is 0. The quantitative estimate of drug-likeness (QED) is 0.380. The minimum atomic E-state index is 0.462. The monoisotopic (exact) mass is 318 g/mol.